The third-order valence-corrected chi connectivity index (χ3v) is 9.47. The molecule has 2 unspecified atom stereocenters. The molecule has 4 aliphatic rings. The van der Waals surface area contributed by atoms with Gasteiger partial charge >= 0.3 is 12.1 Å². The van der Waals surface area contributed by atoms with Crippen LogP contribution in [0.4, 0.5) is 14.0 Å². The summed E-state index contributed by atoms with van der Waals surface area (Å²) in [5, 5.41) is 1.97. The third kappa shape index (κ3) is 5.03. The Morgan fingerprint density at radius 2 is 1.95 bits per heavy atom. The summed E-state index contributed by atoms with van der Waals surface area (Å²) in [6.07, 6.45) is 0.761. The van der Waals surface area contributed by atoms with E-state index in [0.717, 1.165) is 4.90 Å². The van der Waals surface area contributed by atoms with Crippen LogP contribution in [0.25, 0.3) is 0 Å². The summed E-state index contributed by atoms with van der Waals surface area (Å²) in [6, 6.07) is 2.59. The van der Waals surface area contributed by atoms with Crippen LogP contribution in [0.1, 0.15) is 36.8 Å². The number of carbonyl (C=O) groups excluding carboxylic acids is 4. The summed E-state index contributed by atoms with van der Waals surface area (Å²) in [5.74, 6) is 2.74. The van der Waals surface area contributed by atoms with Gasteiger partial charge in [-0.3, -0.25) is 24.6 Å². The van der Waals surface area contributed by atoms with Crippen LogP contribution in [-0.2, 0) is 37.4 Å². The largest absolute Gasteiger partial charge is 0.444 e. The van der Waals surface area contributed by atoms with Crippen LogP contribution in [0, 0.1) is 11.7 Å². The standard InChI is InChI=1S/C24H29FN6O7S/c1-2-14-9-24(14,21(33)29-39(36,37)16-6-7-16)27-20(32)19-8-15(11-31(19)22(34)28-26)38-23(35)30-10-13-4-3-5-18(25)17(13)12-30/h2-5,14-16,19H,1,6-12,26H2,(H,27,32)(H,28,34)(H,29,33)/t14-,15?,19+,24?/m1/s1. The zero-order valence-electron chi connectivity index (χ0n) is 20.9. The van der Waals surface area contributed by atoms with Crippen LogP contribution in [0.5, 0.6) is 0 Å². The zero-order chi connectivity index (χ0) is 28.1. The van der Waals surface area contributed by atoms with Gasteiger partial charge in [-0.15, -0.1) is 6.58 Å². The van der Waals surface area contributed by atoms with Crippen molar-refractivity contribution >= 4 is 34.0 Å². The topological polar surface area (TPSA) is 180 Å². The Hall–Kier alpha value is -3.72. The molecule has 2 aliphatic carbocycles. The second-order valence-electron chi connectivity index (χ2n) is 10.3. The molecule has 210 valence electrons. The molecule has 15 heteroatoms. The van der Waals surface area contributed by atoms with Gasteiger partial charge in [0.1, 0.15) is 23.5 Å². The predicted molar refractivity (Wildman–Crippen MR) is 133 cm³/mol. The fraction of sp³-hybridized carbons (Fsp3) is 0.500. The monoisotopic (exact) mass is 564 g/mol. The van der Waals surface area contributed by atoms with Crippen LogP contribution in [-0.4, -0.2) is 71.6 Å². The van der Waals surface area contributed by atoms with Crippen LogP contribution in [0.2, 0.25) is 0 Å². The highest BCUT2D eigenvalue weighted by molar-refractivity contribution is 7.91. The summed E-state index contributed by atoms with van der Waals surface area (Å²) in [4.78, 5) is 54.0. The van der Waals surface area contributed by atoms with Crippen LogP contribution >= 0.6 is 0 Å². The number of nitrogens with one attached hydrogen (secondary N) is 3. The van der Waals surface area contributed by atoms with Crippen molar-refractivity contribution in [1.82, 2.24) is 25.3 Å². The summed E-state index contributed by atoms with van der Waals surface area (Å²) < 4.78 is 46.3. The molecule has 0 radical (unpaired) electrons. The van der Waals surface area contributed by atoms with Crippen molar-refractivity contribution in [3.63, 3.8) is 0 Å². The molecule has 13 nitrogen and oxygen atoms in total. The van der Waals surface area contributed by atoms with Gasteiger partial charge in [0, 0.05) is 24.4 Å². The molecule has 5 N–H and O–H groups in total. The van der Waals surface area contributed by atoms with Crippen LogP contribution in [0.15, 0.2) is 30.9 Å². The number of carbonyl (C=O) groups is 4. The van der Waals surface area contributed by atoms with Crippen molar-refractivity contribution in [2.75, 3.05) is 6.54 Å². The Morgan fingerprint density at radius 3 is 2.56 bits per heavy atom. The van der Waals surface area contributed by atoms with Crippen LogP contribution in [0.3, 0.4) is 0 Å². The van der Waals surface area contributed by atoms with Gasteiger partial charge in [0.05, 0.1) is 18.3 Å². The first-order valence-electron chi connectivity index (χ1n) is 12.5. The molecule has 2 aliphatic heterocycles. The number of fused-ring (bicyclic) bond motifs is 1. The first kappa shape index (κ1) is 26.9. The van der Waals surface area contributed by atoms with E-state index in [1.165, 1.54) is 17.0 Å². The molecular weight excluding hydrogens is 535 g/mol. The molecule has 2 saturated carbocycles. The number of likely N-dealkylation sites (tertiary alicyclic amines) is 1. The number of halogens is 1. The molecule has 1 aromatic carbocycles. The van der Waals surface area contributed by atoms with E-state index in [1.54, 1.807) is 12.1 Å². The molecule has 39 heavy (non-hydrogen) atoms. The van der Waals surface area contributed by atoms with Crippen molar-refractivity contribution < 1.29 is 36.7 Å². The van der Waals surface area contributed by atoms with E-state index in [-0.39, 0.29) is 32.5 Å². The minimum atomic E-state index is -3.86. The normalized spacial score (nSPS) is 27.4. The van der Waals surface area contributed by atoms with Gasteiger partial charge in [-0.25, -0.2) is 28.2 Å². The number of benzene rings is 1. The number of hydrazine groups is 1. The number of amides is 5. The Labute approximate surface area is 223 Å². The fourth-order valence-electron chi connectivity index (χ4n) is 5.18. The first-order chi connectivity index (χ1) is 18.5. The lowest BCUT2D eigenvalue weighted by Gasteiger charge is -2.25. The number of rotatable bonds is 7. The maximum Gasteiger partial charge on any atom is 0.410 e. The molecule has 5 amide bonds. The highest BCUT2D eigenvalue weighted by atomic mass is 32.2. The summed E-state index contributed by atoms with van der Waals surface area (Å²) >= 11 is 0. The Kier molecular flexibility index (Phi) is 6.74. The second kappa shape index (κ2) is 9.79. The van der Waals surface area contributed by atoms with E-state index >= 15 is 0 Å². The lowest BCUT2D eigenvalue weighted by molar-refractivity contribution is -0.131. The average molecular weight is 565 g/mol. The molecule has 2 heterocycles. The maximum absolute atomic E-state index is 14.1. The molecule has 0 bridgehead atoms. The zero-order valence-corrected chi connectivity index (χ0v) is 21.7. The van der Waals surface area contributed by atoms with Crippen molar-refractivity contribution in [2.24, 2.45) is 11.8 Å². The minimum Gasteiger partial charge on any atom is -0.444 e. The van der Waals surface area contributed by atoms with Gasteiger partial charge in [0.2, 0.25) is 15.9 Å². The molecule has 0 aromatic heterocycles. The van der Waals surface area contributed by atoms with Crippen molar-refractivity contribution in [2.45, 2.75) is 61.7 Å². The van der Waals surface area contributed by atoms with E-state index in [0.29, 0.717) is 24.0 Å². The van der Waals surface area contributed by atoms with E-state index < -0.39 is 68.6 Å². The number of hydrogen-bond acceptors (Lipinski definition) is 8. The molecular formula is C24H29FN6O7S. The summed E-state index contributed by atoms with van der Waals surface area (Å²) in [6.45, 7) is 3.66. The number of nitrogens with two attached hydrogens (primary N) is 1. The number of urea groups is 1. The maximum atomic E-state index is 14.1. The summed E-state index contributed by atoms with van der Waals surface area (Å²) in [7, 11) is -3.86. The van der Waals surface area contributed by atoms with E-state index in [1.807, 2.05) is 5.43 Å². The van der Waals surface area contributed by atoms with Crippen LogP contribution < -0.4 is 21.3 Å². The minimum absolute atomic E-state index is 0.0226. The Bertz CT molecular complexity index is 1350. The number of hydrogen-bond donors (Lipinski definition) is 4. The van der Waals surface area contributed by atoms with E-state index in [4.69, 9.17) is 10.6 Å². The average Bonchev–Trinajstić information content (AvgIpc) is 3.78. The number of sulfonamides is 1. The summed E-state index contributed by atoms with van der Waals surface area (Å²) in [5.41, 5.74) is 1.47. The Morgan fingerprint density at radius 1 is 1.21 bits per heavy atom. The quantitative estimate of drug-likeness (QED) is 0.154. The number of nitrogens with zero attached hydrogens (tertiary/aromatic N) is 2. The second-order valence-corrected chi connectivity index (χ2v) is 12.2. The lowest BCUT2D eigenvalue weighted by atomic mass is 10.1. The van der Waals surface area contributed by atoms with Gasteiger partial charge in [-0.2, -0.15) is 0 Å². The lowest BCUT2D eigenvalue weighted by Crippen LogP contribution is -2.57. The van der Waals surface area contributed by atoms with Gasteiger partial charge in [-0.1, -0.05) is 18.2 Å². The van der Waals surface area contributed by atoms with Crippen molar-refractivity contribution in [1.29, 1.82) is 0 Å². The predicted octanol–water partition coefficient (Wildman–Crippen LogP) is -0.0266. The number of ether oxygens (including phenoxy) is 1. The SMILES string of the molecule is C=C[C@@H]1CC1(NC(=O)[C@@H]1CC(OC(=O)N2Cc3cccc(F)c3C2)CN1C(=O)NN)C(=O)NS(=O)(=O)C1CC1. The highest BCUT2D eigenvalue weighted by Crippen LogP contribution is 2.45. The third-order valence-electron chi connectivity index (χ3n) is 7.65. The highest BCUT2D eigenvalue weighted by Gasteiger charge is 2.62. The molecule has 1 aromatic rings. The molecule has 3 fully saturated rings. The smallest absolute Gasteiger partial charge is 0.410 e. The van der Waals surface area contributed by atoms with Crippen molar-refractivity contribution in [3.05, 3.63) is 47.8 Å². The van der Waals surface area contributed by atoms with Gasteiger partial charge in [0.15, 0.2) is 0 Å². The van der Waals surface area contributed by atoms with E-state index in [2.05, 4.69) is 16.6 Å². The van der Waals surface area contributed by atoms with Crippen molar-refractivity contribution in [3.8, 4) is 0 Å². The molecule has 1 saturated heterocycles. The van der Waals surface area contributed by atoms with E-state index in [9.17, 15) is 32.0 Å². The molecule has 0 spiro atoms. The Balaban J connectivity index is 1.26. The first-order valence-corrected chi connectivity index (χ1v) is 14.0. The molecule has 4 atom stereocenters. The fourth-order valence-corrected chi connectivity index (χ4v) is 6.55. The van der Waals surface area contributed by atoms with Gasteiger partial charge < -0.3 is 15.0 Å². The van der Waals surface area contributed by atoms with Gasteiger partial charge in [-0.05, 0) is 30.9 Å². The van der Waals surface area contributed by atoms with Gasteiger partial charge in [0.25, 0.3) is 5.91 Å². The molecule has 5 rings (SSSR count).